The molecular weight excluding hydrogens is 389 g/mol. The van der Waals surface area contributed by atoms with Crippen molar-refractivity contribution in [3.63, 3.8) is 0 Å². The Bertz CT molecular complexity index is 1310. The van der Waals surface area contributed by atoms with Crippen molar-refractivity contribution < 1.29 is 4.39 Å². The highest BCUT2D eigenvalue weighted by Gasteiger charge is 2.44. The second-order valence-corrected chi connectivity index (χ2v) is 7.74. The minimum atomic E-state index is -0.928. The molecule has 0 spiro atoms. The lowest BCUT2D eigenvalue weighted by atomic mass is 9.77. The SMILES string of the molecule is Cc1cc(C2(c3cccc(-c4cncnc4)c3)N=C(N)c3ncccc32)cc(C)c1F. The summed E-state index contributed by atoms with van der Waals surface area (Å²) in [6.45, 7) is 3.53. The van der Waals surface area contributed by atoms with Crippen molar-refractivity contribution >= 4 is 5.84 Å². The predicted molar refractivity (Wildman–Crippen MR) is 118 cm³/mol. The zero-order valence-electron chi connectivity index (χ0n) is 17.2. The number of amidine groups is 1. The van der Waals surface area contributed by atoms with E-state index in [1.165, 1.54) is 6.33 Å². The molecule has 152 valence electrons. The first-order chi connectivity index (χ1) is 15.0. The second-order valence-electron chi connectivity index (χ2n) is 7.74. The smallest absolute Gasteiger partial charge is 0.146 e. The number of nitrogens with zero attached hydrogens (tertiary/aromatic N) is 4. The van der Waals surface area contributed by atoms with Crippen molar-refractivity contribution in [1.29, 1.82) is 0 Å². The van der Waals surface area contributed by atoms with Crippen LogP contribution in [0.2, 0.25) is 0 Å². The summed E-state index contributed by atoms with van der Waals surface area (Å²) in [5, 5.41) is 0. The predicted octanol–water partition coefficient (Wildman–Crippen LogP) is 4.31. The quantitative estimate of drug-likeness (QED) is 0.547. The lowest BCUT2D eigenvalue weighted by Gasteiger charge is -2.30. The molecule has 6 heteroatoms. The monoisotopic (exact) mass is 409 g/mol. The van der Waals surface area contributed by atoms with Gasteiger partial charge in [-0.3, -0.25) is 4.98 Å². The number of halogens is 1. The number of aromatic nitrogens is 3. The Hall–Kier alpha value is -3.93. The lowest BCUT2D eigenvalue weighted by Crippen LogP contribution is -2.26. The van der Waals surface area contributed by atoms with Crippen molar-refractivity contribution in [3.8, 4) is 11.1 Å². The number of fused-ring (bicyclic) bond motifs is 1. The Morgan fingerprint density at radius 1 is 0.871 bits per heavy atom. The fourth-order valence-corrected chi connectivity index (χ4v) is 4.33. The third-order valence-corrected chi connectivity index (χ3v) is 5.76. The molecule has 2 aromatic heterocycles. The standard InChI is InChI=1S/C25H20FN5/c1-15-9-20(10-16(2)22(15)26)25(21-7-4-8-30-23(21)24(27)31-25)19-6-3-5-17(11-19)18-12-28-14-29-13-18/h3-14H,1-2H3,(H2,27,31). The zero-order valence-corrected chi connectivity index (χ0v) is 17.2. The number of pyridine rings is 1. The van der Waals surface area contributed by atoms with Crippen LogP contribution in [-0.4, -0.2) is 20.8 Å². The Labute approximate surface area is 179 Å². The average Bonchev–Trinajstić information content (AvgIpc) is 3.11. The lowest BCUT2D eigenvalue weighted by molar-refractivity contribution is 0.601. The van der Waals surface area contributed by atoms with Gasteiger partial charge in [0.2, 0.25) is 0 Å². The van der Waals surface area contributed by atoms with E-state index in [0.717, 1.165) is 27.8 Å². The van der Waals surface area contributed by atoms with Crippen LogP contribution >= 0.6 is 0 Å². The van der Waals surface area contributed by atoms with E-state index in [0.29, 0.717) is 22.7 Å². The van der Waals surface area contributed by atoms with Gasteiger partial charge >= 0.3 is 0 Å². The molecule has 3 heterocycles. The Morgan fingerprint density at radius 2 is 1.61 bits per heavy atom. The molecule has 2 N–H and O–H groups in total. The summed E-state index contributed by atoms with van der Waals surface area (Å²) in [7, 11) is 0. The highest BCUT2D eigenvalue weighted by atomic mass is 19.1. The highest BCUT2D eigenvalue weighted by Crippen LogP contribution is 2.46. The number of aryl methyl sites for hydroxylation is 2. The summed E-state index contributed by atoms with van der Waals surface area (Å²) in [5.74, 6) is 0.152. The minimum absolute atomic E-state index is 0.213. The van der Waals surface area contributed by atoms with Crippen LogP contribution in [0.4, 0.5) is 4.39 Å². The molecule has 0 saturated heterocycles. The van der Waals surface area contributed by atoms with Crippen molar-refractivity contribution in [2.24, 2.45) is 10.7 Å². The van der Waals surface area contributed by atoms with Gasteiger partial charge < -0.3 is 5.73 Å². The molecule has 5 nitrogen and oxygen atoms in total. The number of rotatable bonds is 3. The summed E-state index contributed by atoms with van der Waals surface area (Å²) in [6, 6.07) is 15.6. The molecule has 0 radical (unpaired) electrons. The maximum atomic E-state index is 14.5. The Kier molecular flexibility index (Phi) is 4.36. The Balaban J connectivity index is 1.83. The van der Waals surface area contributed by atoms with E-state index in [9.17, 15) is 4.39 Å². The van der Waals surface area contributed by atoms with Crippen LogP contribution in [-0.2, 0) is 5.54 Å². The molecule has 0 amide bonds. The molecule has 1 aliphatic rings. The van der Waals surface area contributed by atoms with E-state index in [2.05, 4.69) is 21.0 Å². The first-order valence-corrected chi connectivity index (χ1v) is 9.95. The van der Waals surface area contributed by atoms with Gasteiger partial charge in [0.25, 0.3) is 0 Å². The van der Waals surface area contributed by atoms with Gasteiger partial charge in [-0.1, -0.05) is 36.4 Å². The first-order valence-electron chi connectivity index (χ1n) is 9.95. The van der Waals surface area contributed by atoms with Crippen LogP contribution in [0.25, 0.3) is 11.1 Å². The molecule has 0 aliphatic carbocycles. The molecule has 4 aromatic rings. The van der Waals surface area contributed by atoms with Gasteiger partial charge in [0.1, 0.15) is 29.2 Å². The van der Waals surface area contributed by atoms with Gasteiger partial charge in [-0.05, 0) is 53.8 Å². The summed E-state index contributed by atoms with van der Waals surface area (Å²) in [5.41, 5.74) is 11.7. The molecule has 1 aliphatic heterocycles. The van der Waals surface area contributed by atoms with E-state index in [1.54, 1.807) is 32.4 Å². The van der Waals surface area contributed by atoms with Crippen LogP contribution in [0.5, 0.6) is 0 Å². The normalized spacial score (nSPS) is 17.3. The van der Waals surface area contributed by atoms with Crippen molar-refractivity contribution in [2.75, 3.05) is 0 Å². The summed E-state index contributed by atoms with van der Waals surface area (Å²) >= 11 is 0. The number of hydrogen-bond acceptors (Lipinski definition) is 5. The first kappa shape index (κ1) is 19.1. The van der Waals surface area contributed by atoms with Crippen LogP contribution in [0.3, 0.4) is 0 Å². The highest BCUT2D eigenvalue weighted by molar-refractivity contribution is 6.01. The largest absolute Gasteiger partial charge is 0.382 e. The van der Waals surface area contributed by atoms with Crippen LogP contribution in [0.1, 0.15) is 33.5 Å². The van der Waals surface area contributed by atoms with Crippen molar-refractivity contribution in [1.82, 2.24) is 15.0 Å². The summed E-state index contributed by atoms with van der Waals surface area (Å²) in [4.78, 5) is 17.7. The molecule has 5 rings (SSSR count). The maximum Gasteiger partial charge on any atom is 0.146 e. The van der Waals surface area contributed by atoms with E-state index < -0.39 is 5.54 Å². The average molecular weight is 409 g/mol. The summed E-state index contributed by atoms with van der Waals surface area (Å²) < 4.78 is 14.5. The number of hydrogen-bond donors (Lipinski definition) is 1. The van der Waals surface area contributed by atoms with Crippen molar-refractivity contribution in [2.45, 2.75) is 19.4 Å². The van der Waals surface area contributed by atoms with Gasteiger partial charge in [0.15, 0.2) is 0 Å². The Morgan fingerprint density at radius 3 is 2.35 bits per heavy atom. The molecule has 31 heavy (non-hydrogen) atoms. The third-order valence-electron chi connectivity index (χ3n) is 5.76. The molecular formula is C25H20FN5. The third kappa shape index (κ3) is 2.91. The molecule has 1 unspecified atom stereocenters. The topological polar surface area (TPSA) is 77.0 Å². The number of nitrogens with two attached hydrogens (primary N) is 1. The summed E-state index contributed by atoms with van der Waals surface area (Å²) in [6.07, 6.45) is 6.75. The number of benzene rings is 2. The van der Waals surface area contributed by atoms with Gasteiger partial charge in [0.05, 0.1) is 0 Å². The second kappa shape index (κ2) is 7.09. The molecule has 1 atom stereocenters. The van der Waals surface area contributed by atoms with Gasteiger partial charge in [-0.2, -0.15) is 0 Å². The molecule has 0 bridgehead atoms. The van der Waals surface area contributed by atoms with Crippen molar-refractivity contribution in [3.05, 3.63) is 113 Å². The fourth-order valence-electron chi connectivity index (χ4n) is 4.33. The fraction of sp³-hybridized carbons (Fsp3) is 0.120. The molecule has 0 fully saturated rings. The van der Waals surface area contributed by atoms with Crippen LogP contribution in [0.15, 0.2) is 78.4 Å². The maximum absolute atomic E-state index is 14.5. The van der Waals surface area contributed by atoms with E-state index >= 15 is 0 Å². The molecule has 0 saturated carbocycles. The van der Waals surface area contributed by atoms with Gasteiger partial charge in [0, 0.05) is 29.7 Å². The van der Waals surface area contributed by atoms with Crippen LogP contribution < -0.4 is 5.73 Å². The molecule has 2 aromatic carbocycles. The minimum Gasteiger partial charge on any atom is -0.382 e. The zero-order chi connectivity index (χ0) is 21.6. The van der Waals surface area contributed by atoms with Crippen LogP contribution in [0, 0.1) is 19.7 Å². The number of aliphatic imine (C=N–C) groups is 1. The van der Waals surface area contributed by atoms with Gasteiger partial charge in [-0.25, -0.2) is 19.4 Å². The van der Waals surface area contributed by atoms with Gasteiger partial charge in [-0.15, -0.1) is 0 Å². The van der Waals surface area contributed by atoms with E-state index in [4.69, 9.17) is 10.7 Å². The van der Waals surface area contributed by atoms with E-state index in [-0.39, 0.29) is 5.82 Å². The van der Waals surface area contributed by atoms with E-state index in [1.807, 2.05) is 42.5 Å².